The van der Waals surface area contributed by atoms with Crippen LogP contribution in [0.15, 0.2) is 12.7 Å². The number of anilines is 1. The number of fused-ring (bicyclic) bond motifs is 1. The maximum Gasteiger partial charge on any atom is 0.274 e. The molecule has 31 heteroatoms. The number of phosphoric ester groups is 3. The van der Waals surface area contributed by atoms with E-state index < -0.39 is 84.6 Å². The maximum atomic E-state index is 12.6. The number of nitrogens with one attached hydrogen (secondary N) is 2. The molecule has 2 aromatic heterocycles. The number of aliphatic hydroxyl groups excluding tert-OH is 2. The average molecular weight is 1090 g/mol. The number of carbonyl (C=O) groups excluding carboxylic acids is 3. The zero-order chi connectivity index (χ0) is 49.7. The van der Waals surface area contributed by atoms with E-state index in [-0.39, 0.29) is 60.1 Å². The molecule has 1 fully saturated rings. The van der Waals surface area contributed by atoms with Crippen molar-refractivity contribution in [3.63, 3.8) is 0 Å². The molecule has 70 heavy (non-hydrogen) atoms. The standard InChI is InChI=1S/C39H70N7O17P3S.3H3N/c1-4-5-6-7-8-9-10-11-12-13-14-15-16-17-18-19-30(48)67-23-22-41-29(47)20-21-42-37(51)34(50)39(2,3)25-60-66(57,58)63-65(55,56)59-24-28-33(62-64(52,53)54)32(49)38(61-28)46-27-45-31-35(40)43-26-44-36(31)46;;;/h26-28,32-34,38,49-50H,4-25H2,1-3H3,(H,41,47)(H,42,51)(H,55,56)(H,57,58)(H2,40,43,44)(H2,52,53,54);3*1H3. The smallest absolute Gasteiger partial charge is 0.274 e. The number of unbranched alkanes of at least 4 members (excludes halogenated alkanes) is 14. The molecule has 0 radical (unpaired) electrons. The molecule has 8 atom stereocenters. The van der Waals surface area contributed by atoms with E-state index in [2.05, 4.69) is 50.4 Å². The molecule has 1 saturated heterocycles. The highest BCUT2D eigenvalue weighted by Crippen LogP contribution is 2.56. The van der Waals surface area contributed by atoms with Crippen molar-refractivity contribution < 1.29 is 80.5 Å². The van der Waals surface area contributed by atoms with Crippen LogP contribution in [0, 0.1) is 5.41 Å². The number of thioether (sulfide) groups is 1. The van der Waals surface area contributed by atoms with Gasteiger partial charge in [-0.3, -0.25) is 32.6 Å². The lowest BCUT2D eigenvalue weighted by molar-refractivity contribution is -0.247. The molecule has 1 aliphatic heterocycles. The molecule has 0 aromatic carbocycles. The Hall–Kier alpha value is -2.56. The Kier molecular flexibility index (Phi) is 32.1. The molecule has 2 aromatic rings. The number of imidazole rings is 1. The van der Waals surface area contributed by atoms with Crippen molar-refractivity contribution in [2.24, 2.45) is 5.41 Å². The third kappa shape index (κ3) is 24.9. The lowest BCUT2D eigenvalue weighted by atomic mass is 9.87. The zero-order valence-corrected chi connectivity index (χ0v) is 44.8. The fourth-order valence-corrected chi connectivity index (χ4v) is 10.5. The van der Waals surface area contributed by atoms with Crippen molar-refractivity contribution in [3.05, 3.63) is 12.7 Å². The van der Waals surface area contributed by atoms with Crippen molar-refractivity contribution >= 4 is 69.1 Å². The molecule has 0 bridgehead atoms. The second-order valence-corrected chi connectivity index (χ2v) is 22.2. The Bertz CT molecular complexity index is 2000. The quantitative estimate of drug-likeness (QED) is 0.0345. The Morgan fingerprint density at radius 1 is 0.857 bits per heavy atom. The Morgan fingerprint density at radius 2 is 1.41 bits per heavy atom. The van der Waals surface area contributed by atoms with Gasteiger partial charge >= 0.3 is 0 Å². The number of carbonyl (C=O) groups is 3. The minimum absolute atomic E-state index is 0. The first-order valence-corrected chi connectivity index (χ1v) is 28.0. The van der Waals surface area contributed by atoms with E-state index in [1.54, 1.807) is 0 Å². The number of phosphoric acid groups is 3. The van der Waals surface area contributed by atoms with Gasteiger partial charge in [0.15, 0.2) is 22.8 Å². The van der Waals surface area contributed by atoms with Crippen LogP contribution in [0.25, 0.3) is 11.2 Å². The Labute approximate surface area is 413 Å². The van der Waals surface area contributed by atoms with Crippen molar-refractivity contribution in [3.8, 4) is 0 Å². The van der Waals surface area contributed by atoms with Gasteiger partial charge < -0.3 is 82.9 Å². The van der Waals surface area contributed by atoms with E-state index in [0.29, 0.717) is 12.2 Å². The number of amides is 2. The van der Waals surface area contributed by atoms with Gasteiger partial charge in [-0.1, -0.05) is 122 Å². The molecular formula is C39H79N10O17P3S. The van der Waals surface area contributed by atoms with Crippen molar-refractivity contribution in [1.82, 2.24) is 48.6 Å². The lowest BCUT2D eigenvalue weighted by Crippen LogP contribution is -2.46. The highest BCUT2D eigenvalue weighted by molar-refractivity contribution is 8.13. The van der Waals surface area contributed by atoms with Crippen LogP contribution >= 0.6 is 35.2 Å². The number of aromatic nitrogens is 4. The molecule has 408 valence electrons. The van der Waals surface area contributed by atoms with Crippen LogP contribution in [0.4, 0.5) is 5.82 Å². The third-order valence-electron chi connectivity index (χ3n) is 10.7. The summed E-state index contributed by atoms with van der Waals surface area (Å²) < 4.78 is 61.2. The predicted octanol–water partition coefficient (Wildman–Crippen LogP) is 4.16. The van der Waals surface area contributed by atoms with Gasteiger partial charge in [0.1, 0.15) is 36.3 Å². The summed E-state index contributed by atoms with van der Waals surface area (Å²) in [5, 5.41) is 26.5. The second-order valence-electron chi connectivity index (χ2n) is 16.9. The number of hydrogen-bond acceptors (Lipinski definition) is 21. The molecule has 3 heterocycles. The summed E-state index contributed by atoms with van der Waals surface area (Å²) in [5.74, 6) is -1.11. The van der Waals surface area contributed by atoms with E-state index in [1.807, 2.05) is 0 Å². The van der Waals surface area contributed by atoms with Crippen molar-refractivity contribution in [2.45, 2.75) is 161 Å². The maximum absolute atomic E-state index is 12.6. The van der Waals surface area contributed by atoms with Gasteiger partial charge in [0.05, 0.1) is 19.5 Å². The molecule has 27 nitrogen and oxygen atoms in total. The number of rotatable bonds is 35. The highest BCUT2D eigenvalue weighted by Gasteiger charge is 2.48. The van der Waals surface area contributed by atoms with Gasteiger partial charge in [-0.05, 0) is 6.42 Å². The van der Waals surface area contributed by atoms with Gasteiger partial charge in [-0.15, -0.1) is 0 Å². The molecular weight excluding hydrogens is 1010 g/mol. The van der Waals surface area contributed by atoms with E-state index in [0.717, 1.165) is 48.2 Å². The molecule has 0 spiro atoms. The van der Waals surface area contributed by atoms with E-state index in [9.17, 15) is 57.9 Å². The molecule has 3 rings (SSSR count). The van der Waals surface area contributed by atoms with Crippen LogP contribution in [0.5, 0.6) is 0 Å². The van der Waals surface area contributed by atoms with Gasteiger partial charge in [0.2, 0.25) is 11.8 Å². The van der Waals surface area contributed by atoms with E-state index >= 15 is 0 Å². The molecule has 0 aliphatic carbocycles. The van der Waals surface area contributed by atoms with Crippen LogP contribution < -0.4 is 49.5 Å². The molecule has 2 amide bonds. The fraction of sp³-hybridized carbons (Fsp3) is 0.795. The summed E-state index contributed by atoms with van der Waals surface area (Å²) in [4.78, 5) is 94.9. The number of nitrogens with two attached hydrogens (primary N) is 1. The summed E-state index contributed by atoms with van der Waals surface area (Å²) in [6.07, 6.45) is 11.8. The minimum atomic E-state index is -5.90. The summed E-state index contributed by atoms with van der Waals surface area (Å²) in [6.45, 7) is 2.47. The number of nitrogens with zero attached hydrogens (tertiary/aromatic N) is 4. The minimum Gasteiger partial charge on any atom is -0.756 e. The predicted molar refractivity (Wildman–Crippen MR) is 258 cm³/mol. The number of ether oxygens (including phenoxy) is 1. The normalized spacial score (nSPS) is 19.9. The zero-order valence-electron chi connectivity index (χ0n) is 41.3. The van der Waals surface area contributed by atoms with Crippen molar-refractivity contribution in [2.75, 3.05) is 37.8 Å². The first-order chi connectivity index (χ1) is 31.6. The van der Waals surface area contributed by atoms with E-state index in [1.165, 1.54) is 90.9 Å². The number of aliphatic hydroxyl groups is 2. The third-order valence-corrected chi connectivity index (χ3v) is 14.7. The lowest BCUT2D eigenvalue weighted by Gasteiger charge is -2.35. The van der Waals surface area contributed by atoms with Crippen LogP contribution in [0.3, 0.4) is 0 Å². The summed E-state index contributed by atoms with van der Waals surface area (Å²) >= 11 is 1.15. The molecule has 8 unspecified atom stereocenters. The number of nitrogen functional groups attached to an aromatic ring is 1. The van der Waals surface area contributed by atoms with Crippen LogP contribution in [-0.4, -0.2) is 108 Å². The topological polar surface area (TPSA) is 482 Å². The second kappa shape index (κ2) is 33.3. The highest BCUT2D eigenvalue weighted by atomic mass is 32.2. The monoisotopic (exact) mass is 1080 g/mol. The first kappa shape index (κ1) is 67.4. The van der Waals surface area contributed by atoms with Gasteiger partial charge in [0.25, 0.3) is 23.5 Å². The summed E-state index contributed by atoms with van der Waals surface area (Å²) in [5.41, 5.74) is 4.14. The Balaban J connectivity index is 0.0000159. The molecule has 19 N–H and O–H groups in total. The van der Waals surface area contributed by atoms with E-state index in [4.69, 9.17) is 10.5 Å². The fourth-order valence-electron chi connectivity index (χ4n) is 6.99. The van der Waals surface area contributed by atoms with Gasteiger partial charge in [0, 0.05) is 37.1 Å². The first-order valence-electron chi connectivity index (χ1n) is 22.5. The summed E-state index contributed by atoms with van der Waals surface area (Å²) in [7, 11) is -17.3. The van der Waals surface area contributed by atoms with Gasteiger partial charge in [-0.2, -0.15) is 0 Å². The number of quaternary nitrogens is 3. The average Bonchev–Trinajstić information content (AvgIpc) is 3.81. The number of hydrogen-bond donors (Lipinski definition) is 9. The molecule has 0 saturated carbocycles. The van der Waals surface area contributed by atoms with Crippen molar-refractivity contribution in [1.29, 1.82) is 0 Å². The van der Waals surface area contributed by atoms with Gasteiger partial charge in [-0.25, -0.2) is 19.3 Å². The van der Waals surface area contributed by atoms with Crippen LogP contribution in [0.1, 0.15) is 136 Å². The van der Waals surface area contributed by atoms with Crippen LogP contribution in [0.2, 0.25) is 0 Å². The largest absolute Gasteiger partial charge is 0.756 e. The Morgan fingerprint density at radius 3 is 1.99 bits per heavy atom. The summed E-state index contributed by atoms with van der Waals surface area (Å²) in [6, 6.07) is 0. The molecule has 1 aliphatic rings. The SMILES string of the molecule is CCCCCCCCCCCCCCCCCC(=O)SCCNC(=O)CCNC(=O)C(O)C(C)(C)COP(=O)([O-])OP(=O)([O-])OCC1OC(n2cnc3c(N)ncnc32)C(O)C1OP(=O)([O-])O.[NH4+].[NH4+].[NH4+]. The van der Waals surface area contributed by atoms with Crippen LogP contribution in [-0.2, 0) is 50.7 Å².